The second-order valence-electron chi connectivity index (χ2n) is 6.06. The summed E-state index contributed by atoms with van der Waals surface area (Å²) in [5.74, 6) is 0.897. The number of para-hydroxylation sites is 1. The van der Waals surface area contributed by atoms with Crippen LogP contribution < -0.4 is 10.6 Å². The molecule has 0 radical (unpaired) electrons. The van der Waals surface area contributed by atoms with Gasteiger partial charge in [0.15, 0.2) is 5.96 Å². The summed E-state index contributed by atoms with van der Waals surface area (Å²) in [4.78, 5) is 4.45. The number of guanidine groups is 1. The third kappa shape index (κ3) is 2.36. The molecular weight excluding hydrogens is 274 g/mol. The molecule has 5 heteroatoms. The first-order chi connectivity index (χ1) is 10.8. The van der Waals surface area contributed by atoms with E-state index in [1.165, 1.54) is 17.7 Å². The summed E-state index contributed by atoms with van der Waals surface area (Å²) >= 11 is 0. The highest BCUT2D eigenvalue weighted by Gasteiger charge is 2.23. The lowest BCUT2D eigenvalue weighted by molar-refractivity contribution is 0.705. The van der Waals surface area contributed by atoms with Gasteiger partial charge in [-0.15, -0.1) is 0 Å². The van der Waals surface area contributed by atoms with Crippen molar-refractivity contribution in [2.45, 2.75) is 38.8 Å². The Hall–Kier alpha value is -2.30. The van der Waals surface area contributed by atoms with Gasteiger partial charge in [-0.05, 0) is 43.9 Å². The van der Waals surface area contributed by atoms with Crippen LogP contribution in [0.2, 0.25) is 0 Å². The zero-order valence-electron chi connectivity index (χ0n) is 12.8. The van der Waals surface area contributed by atoms with Gasteiger partial charge < -0.3 is 10.6 Å². The molecule has 114 valence electrons. The highest BCUT2D eigenvalue weighted by Crippen LogP contribution is 2.27. The summed E-state index contributed by atoms with van der Waals surface area (Å²) in [6, 6.07) is 10.8. The van der Waals surface area contributed by atoms with Gasteiger partial charge in [-0.3, -0.25) is 4.99 Å². The molecule has 2 N–H and O–H groups in total. The molecular formula is C17H21N5. The van der Waals surface area contributed by atoms with E-state index in [4.69, 9.17) is 5.10 Å². The van der Waals surface area contributed by atoms with Gasteiger partial charge in [-0.25, -0.2) is 4.68 Å². The van der Waals surface area contributed by atoms with Crippen molar-refractivity contribution in [3.8, 4) is 5.69 Å². The van der Waals surface area contributed by atoms with Crippen LogP contribution in [0, 0.1) is 0 Å². The lowest BCUT2D eigenvalue weighted by Crippen LogP contribution is -2.37. The average molecular weight is 295 g/mol. The standard InChI is InChI=1S/C17H21N5/c1-12-10-18-17(20-12)19-11-15-14-8-5-9-16(14)22(21-15)13-6-3-2-4-7-13/h2-4,6-7,12H,5,8-11H2,1H3,(H2,18,19,20). The number of nitrogens with one attached hydrogen (secondary N) is 2. The van der Waals surface area contributed by atoms with E-state index in [0.717, 1.165) is 43.3 Å². The topological polar surface area (TPSA) is 54.2 Å². The number of aliphatic imine (C=N–C) groups is 1. The maximum Gasteiger partial charge on any atom is 0.191 e. The van der Waals surface area contributed by atoms with Crippen LogP contribution in [0.3, 0.4) is 0 Å². The minimum atomic E-state index is 0.426. The Morgan fingerprint density at radius 1 is 1.27 bits per heavy atom. The summed E-state index contributed by atoms with van der Waals surface area (Å²) in [7, 11) is 0. The molecule has 0 bridgehead atoms. The summed E-state index contributed by atoms with van der Waals surface area (Å²) in [5, 5.41) is 11.6. The van der Waals surface area contributed by atoms with Crippen molar-refractivity contribution in [1.29, 1.82) is 0 Å². The maximum absolute atomic E-state index is 4.85. The summed E-state index contributed by atoms with van der Waals surface area (Å²) in [5.41, 5.74) is 5.10. The number of aromatic nitrogens is 2. The molecule has 0 spiro atoms. The molecule has 0 saturated heterocycles. The molecule has 0 amide bonds. The van der Waals surface area contributed by atoms with E-state index < -0.39 is 0 Å². The molecule has 2 aromatic rings. The van der Waals surface area contributed by atoms with Crippen LogP contribution in [0.1, 0.15) is 30.3 Å². The van der Waals surface area contributed by atoms with E-state index in [9.17, 15) is 0 Å². The molecule has 1 aliphatic carbocycles. The predicted molar refractivity (Wildman–Crippen MR) is 87.3 cm³/mol. The number of benzene rings is 1. The number of nitrogens with zero attached hydrogens (tertiary/aromatic N) is 3. The van der Waals surface area contributed by atoms with Crippen LogP contribution in [-0.4, -0.2) is 28.3 Å². The number of rotatable bonds is 3. The van der Waals surface area contributed by atoms with Gasteiger partial charge in [0.1, 0.15) is 0 Å². The number of hydrogen-bond donors (Lipinski definition) is 2. The van der Waals surface area contributed by atoms with Crippen molar-refractivity contribution in [2.75, 3.05) is 6.54 Å². The fourth-order valence-corrected chi connectivity index (χ4v) is 3.27. The van der Waals surface area contributed by atoms with Crippen molar-refractivity contribution < 1.29 is 0 Å². The van der Waals surface area contributed by atoms with Gasteiger partial charge in [-0.1, -0.05) is 18.2 Å². The molecule has 1 aromatic carbocycles. The van der Waals surface area contributed by atoms with E-state index in [0.29, 0.717) is 6.04 Å². The first-order valence-electron chi connectivity index (χ1n) is 8.01. The number of fused-ring (bicyclic) bond motifs is 1. The highest BCUT2D eigenvalue weighted by molar-refractivity contribution is 5.81. The summed E-state index contributed by atoms with van der Waals surface area (Å²) in [6.07, 6.45) is 3.48. The fraction of sp³-hybridized carbons (Fsp3) is 0.412. The zero-order valence-corrected chi connectivity index (χ0v) is 12.8. The van der Waals surface area contributed by atoms with Gasteiger partial charge in [0.05, 0.1) is 24.5 Å². The predicted octanol–water partition coefficient (Wildman–Crippen LogP) is 1.80. The molecule has 1 atom stereocenters. The van der Waals surface area contributed by atoms with Crippen molar-refractivity contribution >= 4 is 5.96 Å². The number of hydrogen-bond acceptors (Lipinski definition) is 4. The molecule has 1 unspecified atom stereocenters. The Labute approximate surface area is 130 Å². The minimum absolute atomic E-state index is 0.426. The third-order valence-corrected chi connectivity index (χ3v) is 4.34. The molecule has 0 fully saturated rings. The van der Waals surface area contributed by atoms with Crippen molar-refractivity contribution in [1.82, 2.24) is 20.4 Å². The lowest BCUT2D eigenvalue weighted by atomic mass is 10.2. The maximum atomic E-state index is 4.85. The molecule has 22 heavy (non-hydrogen) atoms. The normalized spacial score (nSPS) is 19.7. The molecule has 2 heterocycles. The van der Waals surface area contributed by atoms with Crippen LogP contribution in [0.5, 0.6) is 0 Å². The van der Waals surface area contributed by atoms with E-state index in [-0.39, 0.29) is 0 Å². The quantitative estimate of drug-likeness (QED) is 0.908. The Bertz CT molecular complexity index is 701. The van der Waals surface area contributed by atoms with E-state index >= 15 is 0 Å². The first-order valence-corrected chi connectivity index (χ1v) is 8.01. The van der Waals surface area contributed by atoms with Crippen LogP contribution in [0.15, 0.2) is 35.3 Å². The Kier molecular flexibility index (Phi) is 3.33. The van der Waals surface area contributed by atoms with Crippen LogP contribution in [0.25, 0.3) is 5.69 Å². The Morgan fingerprint density at radius 2 is 2.14 bits per heavy atom. The fourth-order valence-electron chi connectivity index (χ4n) is 3.27. The second kappa shape index (κ2) is 5.48. The van der Waals surface area contributed by atoms with Gasteiger partial charge in [0, 0.05) is 11.7 Å². The van der Waals surface area contributed by atoms with Crippen LogP contribution in [-0.2, 0) is 19.4 Å². The van der Waals surface area contributed by atoms with Gasteiger partial charge in [0.2, 0.25) is 0 Å². The molecule has 4 rings (SSSR count). The van der Waals surface area contributed by atoms with E-state index in [1.54, 1.807) is 0 Å². The summed E-state index contributed by atoms with van der Waals surface area (Å²) in [6.45, 7) is 3.72. The SMILES string of the molecule is CC1CN=C(NCc2nn(-c3ccccc3)c3c2CCC3)N1. The Morgan fingerprint density at radius 3 is 2.91 bits per heavy atom. The lowest BCUT2D eigenvalue weighted by Gasteiger charge is -2.08. The highest BCUT2D eigenvalue weighted by atomic mass is 15.3. The molecule has 1 aromatic heterocycles. The third-order valence-electron chi connectivity index (χ3n) is 4.34. The molecule has 1 aliphatic heterocycles. The largest absolute Gasteiger partial charge is 0.352 e. The Balaban J connectivity index is 1.58. The minimum Gasteiger partial charge on any atom is -0.352 e. The van der Waals surface area contributed by atoms with Gasteiger partial charge in [0.25, 0.3) is 0 Å². The van der Waals surface area contributed by atoms with Crippen molar-refractivity contribution in [2.24, 2.45) is 4.99 Å². The molecule has 5 nitrogen and oxygen atoms in total. The van der Waals surface area contributed by atoms with Crippen LogP contribution >= 0.6 is 0 Å². The zero-order chi connectivity index (χ0) is 14.9. The smallest absolute Gasteiger partial charge is 0.191 e. The van der Waals surface area contributed by atoms with Crippen molar-refractivity contribution in [3.63, 3.8) is 0 Å². The molecule has 2 aliphatic rings. The van der Waals surface area contributed by atoms with Gasteiger partial charge >= 0.3 is 0 Å². The molecule has 0 saturated carbocycles. The second-order valence-corrected chi connectivity index (χ2v) is 6.06. The monoisotopic (exact) mass is 295 g/mol. The first kappa shape index (κ1) is 13.4. The van der Waals surface area contributed by atoms with Crippen LogP contribution in [0.4, 0.5) is 0 Å². The van der Waals surface area contributed by atoms with Gasteiger partial charge in [-0.2, -0.15) is 5.10 Å². The van der Waals surface area contributed by atoms with E-state index in [2.05, 4.69) is 51.5 Å². The van der Waals surface area contributed by atoms with Crippen molar-refractivity contribution in [3.05, 3.63) is 47.3 Å². The average Bonchev–Trinajstić information content (AvgIpc) is 3.23. The van der Waals surface area contributed by atoms with E-state index in [1.807, 2.05) is 6.07 Å². The summed E-state index contributed by atoms with van der Waals surface area (Å²) < 4.78 is 2.12.